The van der Waals surface area contributed by atoms with Gasteiger partial charge in [-0.1, -0.05) is 33.3 Å². The smallest absolute Gasteiger partial charge is 0.191 e. The molecule has 0 radical (unpaired) electrons. The van der Waals surface area contributed by atoms with E-state index in [-0.39, 0.29) is 11.3 Å². The van der Waals surface area contributed by atoms with Gasteiger partial charge >= 0.3 is 0 Å². The van der Waals surface area contributed by atoms with Crippen molar-refractivity contribution in [3.05, 3.63) is 17.5 Å². The summed E-state index contributed by atoms with van der Waals surface area (Å²) in [5, 5.41) is 10.6. The minimum absolute atomic E-state index is 0.129. The lowest BCUT2D eigenvalue weighted by Gasteiger charge is -2.40. The van der Waals surface area contributed by atoms with Crippen LogP contribution in [-0.2, 0) is 9.84 Å². The van der Waals surface area contributed by atoms with Crippen LogP contribution in [0.3, 0.4) is 0 Å². The average molecular weight is 325 g/mol. The van der Waals surface area contributed by atoms with E-state index < -0.39 is 15.1 Å². The highest BCUT2D eigenvalue weighted by Gasteiger charge is 2.43. The third kappa shape index (κ3) is 3.17. The van der Waals surface area contributed by atoms with Crippen molar-refractivity contribution in [2.24, 2.45) is 17.3 Å². The first-order chi connectivity index (χ1) is 9.82. The highest BCUT2D eigenvalue weighted by Crippen LogP contribution is 2.45. The Morgan fingerprint density at radius 1 is 1.43 bits per heavy atom. The van der Waals surface area contributed by atoms with Gasteiger partial charge in [0, 0.05) is 0 Å². The van der Waals surface area contributed by atoms with Gasteiger partial charge in [-0.2, -0.15) is 5.26 Å². The molecule has 1 aliphatic rings. The zero-order chi connectivity index (χ0) is 15.7. The Balaban J connectivity index is 2.33. The molecule has 0 bridgehead atoms. The number of thiophene rings is 1. The summed E-state index contributed by atoms with van der Waals surface area (Å²) >= 11 is 1.25. The van der Waals surface area contributed by atoms with Crippen LogP contribution in [0.1, 0.15) is 46.5 Å². The van der Waals surface area contributed by atoms with Gasteiger partial charge in [0.15, 0.2) is 9.84 Å². The molecule has 116 valence electrons. The molecule has 0 amide bonds. The van der Waals surface area contributed by atoms with Crippen LogP contribution < -0.4 is 0 Å². The Hall–Kier alpha value is -0.860. The maximum absolute atomic E-state index is 12.8. The van der Waals surface area contributed by atoms with Gasteiger partial charge in [0.2, 0.25) is 0 Å². The zero-order valence-electron chi connectivity index (χ0n) is 12.9. The van der Waals surface area contributed by atoms with Crippen molar-refractivity contribution in [2.45, 2.75) is 55.9 Å². The molecule has 0 aliphatic heterocycles. The van der Waals surface area contributed by atoms with Gasteiger partial charge in [-0.05, 0) is 42.0 Å². The van der Waals surface area contributed by atoms with Gasteiger partial charge in [0.1, 0.15) is 4.21 Å². The van der Waals surface area contributed by atoms with Crippen LogP contribution in [0, 0.1) is 28.6 Å². The quantitative estimate of drug-likeness (QED) is 0.830. The molecule has 1 fully saturated rings. The summed E-state index contributed by atoms with van der Waals surface area (Å²) < 4.78 is 26.1. The minimum atomic E-state index is -3.39. The molecule has 0 N–H and O–H groups in total. The molecule has 1 aromatic rings. The second-order valence-corrected chi connectivity index (χ2v) is 9.94. The van der Waals surface area contributed by atoms with Crippen LogP contribution in [0.4, 0.5) is 0 Å². The molecule has 21 heavy (non-hydrogen) atoms. The molecule has 1 heterocycles. The van der Waals surface area contributed by atoms with E-state index in [1.165, 1.54) is 11.3 Å². The molecule has 3 unspecified atom stereocenters. The van der Waals surface area contributed by atoms with Crippen molar-refractivity contribution >= 4 is 21.2 Å². The van der Waals surface area contributed by atoms with Gasteiger partial charge in [-0.25, -0.2) is 8.42 Å². The summed E-state index contributed by atoms with van der Waals surface area (Å²) in [6.45, 7) is 6.57. The van der Waals surface area contributed by atoms with Crippen LogP contribution in [0.15, 0.2) is 21.7 Å². The average Bonchev–Trinajstić information content (AvgIpc) is 3.01. The fourth-order valence-corrected chi connectivity index (χ4v) is 6.40. The SMILES string of the molecule is CCC(C)(C)C1CCC(C#N)C(S(=O)(=O)c2cccs2)C1. The second-order valence-electron chi connectivity index (χ2n) is 6.60. The maximum Gasteiger partial charge on any atom is 0.191 e. The van der Waals surface area contributed by atoms with Gasteiger partial charge in [-0.15, -0.1) is 11.3 Å². The summed E-state index contributed by atoms with van der Waals surface area (Å²) in [4.78, 5) is 0. The van der Waals surface area contributed by atoms with E-state index in [0.717, 1.165) is 12.8 Å². The molecule has 1 saturated carbocycles. The van der Waals surface area contributed by atoms with Crippen molar-refractivity contribution in [1.82, 2.24) is 0 Å². The van der Waals surface area contributed by atoms with E-state index >= 15 is 0 Å². The summed E-state index contributed by atoms with van der Waals surface area (Å²) in [6.07, 6.45) is 3.29. The molecular formula is C16H23NO2S2. The predicted octanol–water partition coefficient (Wildman–Crippen LogP) is 4.27. The molecule has 3 atom stereocenters. The van der Waals surface area contributed by atoms with Crippen molar-refractivity contribution in [3.8, 4) is 6.07 Å². The first kappa shape index (κ1) is 16.5. The summed E-state index contributed by atoms with van der Waals surface area (Å²) in [6, 6.07) is 5.65. The monoisotopic (exact) mass is 325 g/mol. The van der Waals surface area contributed by atoms with Crippen LogP contribution in [0.5, 0.6) is 0 Å². The van der Waals surface area contributed by atoms with Crippen molar-refractivity contribution in [1.29, 1.82) is 5.26 Å². The Labute approximate surface area is 131 Å². The van der Waals surface area contributed by atoms with Crippen molar-refractivity contribution < 1.29 is 8.42 Å². The molecular weight excluding hydrogens is 302 g/mol. The normalized spacial score (nSPS) is 27.2. The highest BCUT2D eigenvalue weighted by atomic mass is 32.2. The van der Waals surface area contributed by atoms with Gasteiger partial charge < -0.3 is 0 Å². The van der Waals surface area contributed by atoms with E-state index in [9.17, 15) is 13.7 Å². The van der Waals surface area contributed by atoms with Gasteiger partial charge in [0.25, 0.3) is 0 Å². The van der Waals surface area contributed by atoms with Gasteiger partial charge in [0.05, 0.1) is 17.2 Å². The van der Waals surface area contributed by atoms with E-state index in [1.54, 1.807) is 17.5 Å². The zero-order valence-corrected chi connectivity index (χ0v) is 14.5. The van der Waals surface area contributed by atoms with Gasteiger partial charge in [-0.3, -0.25) is 0 Å². The van der Waals surface area contributed by atoms with Crippen LogP contribution in [-0.4, -0.2) is 13.7 Å². The number of nitrogens with zero attached hydrogens (tertiary/aromatic N) is 1. The van der Waals surface area contributed by atoms with Crippen LogP contribution >= 0.6 is 11.3 Å². The Bertz CT molecular complexity index is 611. The molecule has 5 heteroatoms. The van der Waals surface area contributed by atoms with E-state index in [4.69, 9.17) is 0 Å². The highest BCUT2D eigenvalue weighted by molar-refractivity contribution is 7.94. The Morgan fingerprint density at radius 3 is 2.67 bits per heavy atom. The lowest BCUT2D eigenvalue weighted by molar-refractivity contribution is 0.142. The summed E-state index contributed by atoms with van der Waals surface area (Å²) in [5.74, 6) is -0.00663. The molecule has 2 rings (SSSR count). The molecule has 0 spiro atoms. The van der Waals surface area contributed by atoms with Crippen molar-refractivity contribution in [3.63, 3.8) is 0 Å². The third-order valence-corrected chi connectivity index (χ3v) is 8.81. The second kappa shape index (κ2) is 6.10. The maximum atomic E-state index is 12.8. The lowest BCUT2D eigenvalue weighted by Crippen LogP contribution is -2.39. The minimum Gasteiger partial charge on any atom is -0.223 e. The fourth-order valence-electron chi connectivity index (χ4n) is 3.19. The standard InChI is InChI=1S/C16H23NO2S2/c1-4-16(2,3)13-8-7-12(11-17)14(10-13)21(18,19)15-6-5-9-20-15/h5-6,9,12-14H,4,7-8,10H2,1-3H3. The number of sulfone groups is 1. The number of nitriles is 1. The molecule has 0 saturated heterocycles. The third-order valence-electron chi connectivity index (χ3n) is 5.15. The Morgan fingerprint density at radius 2 is 2.14 bits per heavy atom. The van der Waals surface area contributed by atoms with E-state index in [2.05, 4.69) is 26.8 Å². The number of hydrogen-bond donors (Lipinski definition) is 0. The first-order valence-corrected chi connectivity index (χ1v) is 9.92. The topological polar surface area (TPSA) is 57.9 Å². The molecule has 3 nitrogen and oxygen atoms in total. The molecule has 1 aliphatic carbocycles. The fraction of sp³-hybridized carbons (Fsp3) is 0.688. The molecule has 0 aromatic carbocycles. The van der Waals surface area contributed by atoms with E-state index in [1.807, 2.05) is 0 Å². The first-order valence-electron chi connectivity index (χ1n) is 7.50. The number of hydrogen-bond acceptors (Lipinski definition) is 4. The van der Waals surface area contributed by atoms with Crippen LogP contribution in [0.2, 0.25) is 0 Å². The lowest BCUT2D eigenvalue weighted by atomic mass is 9.67. The molecule has 1 aromatic heterocycles. The largest absolute Gasteiger partial charge is 0.223 e. The summed E-state index contributed by atoms with van der Waals surface area (Å²) in [7, 11) is -3.39. The Kier molecular flexibility index (Phi) is 4.79. The van der Waals surface area contributed by atoms with Crippen LogP contribution in [0.25, 0.3) is 0 Å². The van der Waals surface area contributed by atoms with E-state index in [0.29, 0.717) is 23.0 Å². The van der Waals surface area contributed by atoms with Crippen molar-refractivity contribution in [2.75, 3.05) is 0 Å². The summed E-state index contributed by atoms with van der Waals surface area (Å²) in [5.41, 5.74) is 0.129. The predicted molar refractivity (Wildman–Crippen MR) is 85.8 cm³/mol. The number of rotatable bonds is 4.